The van der Waals surface area contributed by atoms with E-state index in [0.717, 1.165) is 6.26 Å². The molecule has 0 aromatic carbocycles. The molecule has 2 heterocycles. The van der Waals surface area contributed by atoms with Crippen LogP contribution >= 0.6 is 0 Å². The number of nitrogens with zero attached hydrogens (tertiary/aromatic N) is 3. The molecule has 0 unspecified atom stereocenters. The molecule has 8 heteroatoms. The van der Waals surface area contributed by atoms with Gasteiger partial charge in [0.05, 0.1) is 23.4 Å². The fourth-order valence-corrected chi connectivity index (χ4v) is 2.38. The fourth-order valence-electron chi connectivity index (χ4n) is 1.93. The van der Waals surface area contributed by atoms with Crippen molar-refractivity contribution in [3.8, 4) is 0 Å². The summed E-state index contributed by atoms with van der Waals surface area (Å²) in [5.74, 6) is -0.675. The number of nitrogens with one attached hydrogen (secondary N) is 1. The molecular weight excluding hydrogens is 280 g/mol. The molecule has 0 spiro atoms. The van der Waals surface area contributed by atoms with Gasteiger partial charge in [-0.3, -0.25) is 4.79 Å². The minimum Gasteiger partial charge on any atom is -0.268 e. The van der Waals surface area contributed by atoms with Crippen LogP contribution in [-0.4, -0.2) is 35.3 Å². The summed E-state index contributed by atoms with van der Waals surface area (Å²) >= 11 is 0. The number of rotatable bonds is 3. The molecule has 0 aliphatic rings. The van der Waals surface area contributed by atoms with Gasteiger partial charge in [-0.15, -0.1) is 0 Å². The van der Waals surface area contributed by atoms with Gasteiger partial charge in [-0.2, -0.15) is 5.10 Å². The van der Waals surface area contributed by atoms with Gasteiger partial charge in [0, 0.05) is 11.7 Å². The van der Waals surface area contributed by atoms with Crippen molar-refractivity contribution < 1.29 is 13.2 Å². The number of carbonyl (C=O) groups excluding carboxylic acids is 1. The lowest BCUT2D eigenvalue weighted by atomic mass is 10.1. The number of hydrogen-bond acceptors (Lipinski definition) is 5. The van der Waals surface area contributed by atoms with Crippen LogP contribution in [-0.2, 0) is 10.0 Å². The number of aryl methyl sites for hydroxylation is 1. The monoisotopic (exact) mass is 296 g/mol. The number of sulfonamides is 1. The molecule has 2 aromatic heterocycles. The van der Waals surface area contributed by atoms with Crippen LogP contribution in [0.2, 0.25) is 0 Å². The standard InChI is InChI=1S/C12H16N4O3S/c1-7(2)16-11-10(6-13-16)9(5-8(3)14-11)12(17)15-20(4,18)19/h5-7H,1-4H3,(H,15,17). The zero-order valence-corrected chi connectivity index (χ0v) is 12.5. The van der Waals surface area contributed by atoms with Crippen LogP contribution in [0.4, 0.5) is 0 Å². The largest absolute Gasteiger partial charge is 0.268 e. The van der Waals surface area contributed by atoms with Gasteiger partial charge in [-0.1, -0.05) is 0 Å². The summed E-state index contributed by atoms with van der Waals surface area (Å²) in [6.07, 6.45) is 2.46. The van der Waals surface area contributed by atoms with E-state index in [1.807, 2.05) is 18.6 Å². The second-order valence-electron chi connectivity index (χ2n) is 4.93. The first-order valence-corrected chi connectivity index (χ1v) is 7.95. The third kappa shape index (κ3) is 2.79. The van der Waals surface area contributed by atoms with Gasteiger partial charge in [0.1, 0.15) is 0 Å². The van der Waals surface area contributed by atoms with Gasteiger partial charge in [0.15, 0.2) is 5.65 Å². The van der Waals surface area contributed by atoms with E-state index < -0.39 is 15.9 Å². The number of fused-ring (bicyclic) bond motifs is 1. The third-order valence-electron chi connectivity index (χ3n) is 2.71. The lowest BCUT2D eigenvalue weighted by Gasteiger charge is -2.08. The first-order chi connectivity index (χ1) is 9.19. The molecule has 0 aliphatic carbocycles. The Morgan fingerprint density at radius 1 is 1.40 bits per heavy atom. The Kier molecular flexibility index (Phi) is 3.51. The maximum Gasteiger partial charge on any atom is 0.265 e. The third-order valence-corrected chi connectivity index (χ3v) is 3.26. The van der Waals surface area contributed by atoms with Crippen LogP contribution < -0.4 is 4.72 Å². The van der Waals surface area contributed by atoms with Crippen molar-refractivity contribution in [1.82, 2.24) is 19.5 Å². The quantitative estimate of drug-likeness (QED) is 0.912. The predicted octanol–water partition coefficient (Wildman–Crippen LogP) is 1.01. The molecule has 0 saturated carbocycles. The van der Waals surface area contributed by atoms with Crippen molar-refractivity contribution in [3.63, 3.8) is 0 Å². The van der Waals surface area contributed by atoms with Crippen LogP contribution in [0.3, 0.4) is 0 Å². The van der Waals surface area contributed by atoms with Crippen LogP contribution in [0.15, 0.2) is 12.3 Å². The van der Waals surface area contributed by atoms with E-state index in [1.165, 1.54) is 6.20 Å². The first-order valence-electron chi connectivity index (χ1n) is 6.06. The minimum atomic E-state index is -3.61. The highest BCUT2D eigenvalue weighted by Gasteiger charge is 2.18. The summed E-state index contributed by atoms with van der Waals surface area (Å²) in [5, 5.41) is 4.73. The normalized spacial score (nSPS) is 12.1. The SMILES string of the molecule is Cc1cc(C(=O)NS(C)(=O)=O)c2cnn(C(C)C)c2n1. The lowest BCUT2D eigenvalue weighted by Crippen LogP contribution is -2.29. The summed E-state index contributed by atoms with van der Waals surface area (Å²) in [6, 6.07) is 1.64. The van der Waals surface area contributed by atoms with Gasteiger partial charge in [-0.25, -0.2) is 22.8 Å². The van der Waals surface area contributed by atoms with Crippen LogP contribution in [0, 0.1) is 6.92 Å². The maximum absolute atomic E-state index is 12.1. The second-order valence-corrected chi connectivity index (χ2v) is 6.68. The fraction of sp³-hybridized carbons (Fsp3) is 0.417. The van der Waals surface area contributed by atoms with E-state index >= 15 is 0 Å². The van der Waals surface area contributed by atoms with Crippen molar-refractivity contribution in [2.75, 3.05) is 6.26 Å². The van der Waals surface area contributed by atoms with E-state index in [0.29, 0.717) is 16.7 Å². The van der Waals surface area contributed by atoms with Crippen LogP contribution in [0.25, 0.3) is 11.0 Å². The Bertz CT molecular complexity index is 777. The highest BCUT2D eigenvalue weighted by molar-refractivity contribution is 7.89. The molecule has 0 bridgehead atoms. The van der Waals surface area contributed by atoms with E-state index in [9.17, 15) is 13.2 Å². The Morgan fingerprint density at radius 3 is 2.60 bits per heavy atom. The Labute approximate surface area is 117 Å². The van der Waals surface area contributed by atoms with Crippen LogP contribution in [0.1, 0.15) is 35.9 Å². The average molecular weight is 296 g/mol. The molecule has 0 aliphatic heterocycles. The van der Waals surface area contributed by atoms with E-state index in [4.69, 9.17) is 0 Å². The lowest BCUT2D eigenvalue weighted by molar-refractivity contribution is 0.0983. The molecule has 2 aromatic rings. The molecule has 1 amide bonds. The van der Waals surface area contributed by atoms with Crippen LogP contribution in [0.5, 0.6) is 0 Å². The summed E-state index contributed by atoms with van der Waals surface area (Å²) in [6.45, 7) is 5.65. The van der Waals surface area contributed by atoms with Crippen molar-refractivity contribution in [2.45, 2.75) is 26.8 Å². The zero-order valence-electron chi connectivity index (χ0n) is 11.7. The smallest absolute Gasteiger partial charge is 0.265 e. The van der Waals surface area contributed by atoms with Gasteiger partial charge in [-0.05, 0) is 26.8 Å². The van der Waals surface area contributed by atoms with Crippen molar-refractivity contribution >= 4 is 27.0 Å². The Morgan fingerprint density at radius 2 is 2.05 bits per heavy atom. The van der Waals surface area contributed by atoms with Gasteiger partial charge in [0.2, 0.25) is 10.0 Å². The topological polar surface area (TPSA) is 94.0 Å². The van der Waals surface area contributed by atoms with Gasteiger partial charge < -0.3 is 0 Å². The van der Waals surface area contributed by atoms with Crippen molar-refractivity contribution in [1.29, 1.82) is 0 Å². The second kappa shape index (κ2) is 4.86. The van der Waals surface area contributed by atoms with Gasteiger partial charge in [0.25, 0.3) is 5.91 Å². The molecule has 1 N–H and O–H groups in total. The minimum absolute atomic E-state index is 0.0904. The predicted molar refractivity (Wildman–Crippen MR) is 75.0 cm³/mol. The molecule has 0 fully saturated rings. The molecule has 0 saturated heterocycles. The van der Waals surface area contributed by atoms with Crippen molar-refractivity contribution in [3.05, 3.63) is 23.5 Å². The molecule has 7 nitrogen and oxygen atoms in total. The summed E-state index contributed by atoms with van der Waals surface area (Å²) in [5.41, 5.74) is 1.45. The number of aromatic nitrogens is 3. The molecular formula is C12H16N4O3S. The Balaban J connectivity index is 2.62. The first kappa shape index (κ1) is 14.4. The number of carbonyl (C=O) groups is 1. The van der Waals surface area contributed by atoms with E-state index in [2.05, 4.69) is 10.1 Å². The number of hydrogen-bond donors (Lipinski definition) is 1. The zero-order chi connectivity index (χ0) is 15.1. The van der Waals surface area contributed by atoms with Crippen molar-refractivity contribution in [2.24, 2.45) is 0 Å². The molecule has 108 valence electrons. The summed E-state index contributed by atoms with van der Waals surface area (Å²) in [7, 11) is -3.61. The summed E-state index contributed by atoms with van der Waals surface area (Å²) < 4.78 is 26.0. The molecule has 0 radical (unpaired) electrons. The molecule has 20 heavy (non-hydrogen) atoms. The average Bonchev–Trinajstić information content (AvgIpc) is 2.68. The highest BCUT2D eigenvalue weighted by Crippen LogP contribution is 2.21. The molecule has 0 atom stereocenters. The maximum atomic E-state index is 12.1. The number of amides is 1. The number of pyridine rings is 1. The molecule has 2 rings (SSSR count). The highest BCUT2D eigenvalue weighted by atomic mass is 32.2. The van der Waals surface area contributed by atoms with E-state index in [1.54, 1.807) is 17.7 Å². The van der Waals surface area contributed by atoms with E-state index in [-0.39, 0.29) is 11.6 Å². The van der Waals surface area contributed by atoms with Gasteiger partial charge >= 0.3 is 0 Å². The summed E-state index contributed by atoms with van der Waals surface area (Å²) in [4.78, 5) is 16.4. The Hall–Kier alpha value is -1.96.